The minimum Gasteiger partial charge on any atom is -0.412 e. The fourth-order valence-electron chi connectivity index (χ4n) is 2.91. The van der Waals surface area contributed by atoms with Gasteiger partial charge in [-0.1, -0.05) is 35.3 Å². The topological polar surface area (TPSA) is 122 Å². The lowest BCUT2D eigenvalue weighted by atomic mass is 10.1. The van der Waals surface area contributed by atoms with E-state index in [1.54, 1.807) is 42.7 Å². The minimum atomic E-state index is -0.570. The molecule has 2 aromatic heterocycles. The Balaban J connectivity index is 0.00000240. The lowest BCUT2D eigenvalue weighted by Gasteiger charge is -2.16. The summed E-state index contributed by atoms with van der Waals surface area (Å²) in [5.41, 5.74) is 2.60. The van der Waals surface area contributed by atoms with Crippen LogP contribution in [-0.4, -0.2) is 39.1 Å². The van der Waals surface area contributed by atoms with Gasteiger partial charge in [0.25, 0.3) is 5.91 Å². The van der Waals surface area contributed by atoms with Crippen LogP contribution in [0.1, 0.15) is 35.9 Å². The van der Waals surface area contributed by atoms with Crippen LogP contribution < -0.4 is 10.6 Å². The monoisotopic (exact) mass is 486 g/mol. The van der Waals surface area contributed by atoms with Crippen molar-refractivity contribution in [2.24, 2.45) is 0 Å². The van der Waals surface area contributed by atoms with E-state index < -0.39 is 6.04 Å². The molecule has 10 heteroatoms. The molecule has 7 nitrogen and oxygen atoms in total. The van der Waals surface area contributed by atoms with E-state index in [0.29, 0.717) is 21.6 Å². The summed E-state index contributed by atoms with van der Waals surface area (Å²) in [6.45, 7) is 3.79. The predicted octanol–water partition coefficient (Wildman–Crippen LogP) is 4.26. The molecule has 0 saturated heterocycles. The van der Waals surface area contributed by atoms with Crippen molar-refractivity contribution >= 4 is 47.3 Å². The molecular weight excluding hydrogens is 463 g/mol. The van der Waals surface area contributed by atoms with Gasteiger partial charge in [0.15, 0.2) is 0 Å². The first-order valence-corrected chi connectivity index (χ1v) is 9.91. The summed E-state index contributed by atoms with van der Waals surface area (Å²) in [5, 5.41) is 16.7. The van der Waals surface area contributed by atoms with E-state index in [0.717, 1.165) is 16.7 Å². The fraction of sp³-hybridized carbons (Fsp3) is 0.238. The Hall–Kier alpha value is -2.29. The number of pyridine rings is 1. The number of nitrogens with zero attached hydrogens (tertiary/aromatic N) is 1. The van der Waals surface area contributed by atoms with Gasteiger partial charge in [0.1, 0.15) is 11.5 Å². The number of hydrogen-bond acceptors (Lipinski definition) is 4. The number of anilines is 1. The van der Waals surface area contributed by atoms with Gasteiger partial charge >= 0.3 is 0 Å². The van der Waals surface area contributed by atoms with Gasteiger partial charge in [-0.05, 0) is 43.7 Å². The second-order valence-corrected chi connectivity index (χ2v) is 7.76. The fourth-order valence-corrected chi connectivity index (χ4v) is 3.32. The molecule has 0 aliphatic rings. The standard InChI is InChI=1S/C21H22Cl2N4O2.ClH.H2O/c1-12(2)26-20-8-16(17(23)10-25-20)14-7-18(24-9-14)21(29)27-19(11-28)13-4-3-5-15(22)6-13;;/h3-10,12,19,24,28H,11H2,1-2H3,(H,25,26)(H,27,29);1H;1H2. The van der Waals surface area contributed by atoms with Gasteiger partial charge in [0.05, 0.1) is 17.7 Å². The molecule has 168 valence electrons. The Labute approximate surface area is 196 Å². The van der Waals surface area contributed by atoms with Crippen LogP contribution in [0.25, 0.3) is 11.1 Å². The zero-order valence-electron chi connectivity index (χ0n) is 16.9. The molecule has 0 bridgehead atoms. The Morgan fingerprint density at radius 1 is 1.23 bits per heavy atom. The summed E-state index contributed by atoms with van der Waals surface area (Å²) < 4.78 is 0. The number of aromatic nitrogens is 2. The van der Waals surface area contributed by atoms with E-state index in [9.17, 15) is 9.90 Å². The maximum atomic E-state index is 12.7. The van der Waals surface area contributed by atoms with Crippen LogP contribution >= 0.6 is 35.6 Å². The molecule has 0 fully saturated rings. The number of aliphatic hydroxyl groups excluding tert-OH is 1. The number of aliphatic hydroxyl groups is 1. The van der Waals surface area contributed by atoms with Crippen molar-refractivity contribution in [3.05, 3.63) is 70.1 Å². The van der Waals surface area contributed by atoms with Gasteiger partial charge in [0.2, 0.25) is 0 Å². The second-order valence-electron chi connectivity index (χ2n) is 6.91. The summed E-state index contributed by atoms with van der Waals surface area (Å²) in [6.07, 6.45) is 3.29. The molecule has 1 unspecified atom stereocenters. The van der Waals surface area contributed by atoms with Gasteiger partial charge < -0.3 is 26.2 Å². The van der Waals surface area contributed by atoms with Crippen LogP contribution in [0.2, 0.25) is 10.0 Å². The van der Waals surface area contributed by atoms with Crippen LogP contribution in [0.4, 0.5) is 5.82 Å². The highest BCUT2D eigenvalue weighted by Gasteiger charge is 2.18. The summed E-state index contributed by atoms with van der Waals surface area (Å²) in [4.78, 5) is 19.9. The van der Waals surface area contributed by atoms with E-state index in [4.69, 9.17) is 23.2 Å². The average Bonchev–Trinajstić information content (AvgIpc) is 3.17. The van der Waals surface area contributed by atoms with Crippen molar-refractivity contribution in [1.29, 1.82) is 0 Å². The number of halogens is 3. The molecular formula is C21H25Cl3N4O3. The molecule has 1 aromatic carbocycles. The minimum absolute atomic E-state index is 0. The number of hydrogen-bond donors (Lipinski definition) is 4. The molecule has 1 atom stereocenters. The molecule has 0 radical (unpaired) electrons. The first-order valence-electron chi connectivity index (χ1n) is 9.15. The zero-order chi connectivity index (χ0) is 21.0. The van der Waals surface area contributed by atoms with Crippen molar-refractivity contribution in [1.82, 2.24) is 15.3 Å². The number of aromatic amines is 1. The van der Waals surface area contributed by atoms with Crippen LogP contribution in [0.5, 0.6) is 0 Å². The number of rotatable bonds is 7. The third kappa shape index (κ3) is 6.85. The molecule has 31 heavy (non-hydrogen) atoms. The van der Waals surface area contributed by atoms with Crippen molar-refractivity contribution in [3.63, 3.8) is 0 Å². The largest absolute Gasteiger partial charge is 0.412 e. The first-order chi connectivity index (χ1) is 13.9. The molecule has 0 saturated carbocycles. The third-order valence-electron chi connectivity index (χ3n) is 4.27. The predicted molar refractivity (Wildman–Crippen MR) is 127 cm³/mol. The SMILES string of the molecule is CC(C)Nc1cc(-c2c[nH]c(C(=O)NC(CO)c3cccc(Cl)c3)c2)c(Cl)cn1.Cl.O. The lowest BCUT2D eigenvalue weighted by molar-refractivity contribution is 0.0911. The molecule has 0 spiro atoms. The number of benzene rings is 1. The lowest BCUT2D eigenvalue weighted by Crippen LogP contribution is -2.31. The second kappa shape index (κ2) is 11.9. The van der Waals surface area contributed by atoms with Crippen LogP contribution in [0.3, 0.4) is 0 Å². The van der Waals surface area contributed by atoms with Crippen molar-refractivity contribution in [3.8, 4) is 11.1 Å². The number of carbonyl (C=O) groups excluding carboxylic acids is 1. The molecule has 3 rings (SSSR count). The smallest absolute Gasteiger partial charge is 0.268 e. The van der Waals surface area contributed by atoms with Gasteiger partial charge in [0, 0.05) is 34.6 Å². The summed E-state index contributed by atoms with van der Waals surface area (Å²) in [7, 11) is 0. The highest BCUT2D eigenvalue weighted by Crippen LogP contribution is 2.30. The molecule has 1 amide bonds. The molecule has 2 heterocycles. The molecule has 6 N–H and O–H groups in total. The van der Waals surface area contributed by atoms with Crippen molar-refractivity contribution in [2.75, 3.05) is 11.9 Å². The van der Waals surface area contributed by atoms with Crippen LogP contribution in [0.15, 0.2) is 48.8 Å². The zero-order valence-corrected chi connectivity index (χ0v) is 19.3. The Kier molecular flexibility index (Phi) is 10.3. The van der Waals surface area contributed by atoms with Gasteiger partial charge in [-0.3, -0.25) is 4.79 Å². The molecule has 3 aromatic rings. The van der Waals surface area contributed by atoms with E-state index in [-0.39, 0.29) is 36.4 Å². The van der Waals surface area contributed by atoms with Crippen molar-refractivity contribution in [2.45, 2.75) is 25.9 Å². The summed E-state index contributed by atoms with van der Waals surface area (Å²) in [6, 6.07) is 10.2. The average molecular weight is 488 g/mol. The summed E-state index contributed by atoms with van der Waals surface area (Å²) in [5.74, 6) is 0.355. The Morgan fingerprint density at radius 2 is 1.97 bits per heavy atom. The number of amides is 1. The Bertz CT molecular complexity index is 1010. The van der Waals surface area contributed by atoms with Crippen LogP contribution in [-0.2, 0) is 0 Å². The van der Waals surface area contributed by atoms with Crippen molar-refractivity contribution < 1.29 is 15.4 Å². The number of nitrogens with one attached hydrogen (secondary N) is 3. The van der Waals surface area contributed by atoms with E-state index >= 15 is 0 Å². The van der Waals surface area contributed by atoms with Gasteiger partial charge in [-0.2, -0.15) is 0 Å². The first kappa shape index (κ1) is 26.7. The maximum Gasteiger partial charge on any atom is 0.268 e. The third-order valence-corrected chi connectivity index (χ3v) is 4.81. The maximum absolute atomic E-state index is 12.7. The van der Waals surface area contributed by atoms with Gasteiger partial charge in [-0.25, -0.2) is 4.98 Å². The Morgan fingerprint density at radius 3 is 2.61 bits per heavy atom. The summed E-state index contributed by atoms with van der Waals surface area (Å²) >= 11 is 12.3. The molecule has 0 aliphatic heterocycles. The van der Waals surface area contributed by atoms with E-state index in [1.807, 2.05) is 19.9 Å². The highest BCUT2D eigenvalue weighted by molar-refractivity contribution is 6.33. The van der Waals surface area contributed by atoms with E-state index in [1.165, 1.54) is 0 Å². The number of carbonyl (C=O) groups is 1. The highest BCUT2D eigenvalue weighted by atomic mass is 35.5. The van der Waals surface area contributed by atoms with E-state index in [2.05, 4.69) is 20.6 Å². The quantitative estimate of drug-likeness (QED) is 0.397. The van der Waals surface area contributed by atoms with Gasteiger partial charge in [-0.15, -0.1) is 12.4 Å². The molecule has 0 aliphatic carbocycles. The van der Waals surface area contributed by atoms with Crippen LogP contribution in [0, 0.1) is 0 Å². The normalized spacial score (nSPS) is 11.3. The number of H-pyrrole nitrogens is 1.